The first-order valence-corrected chi connectivity index (χ1v) is 13.1. The Labute approximate surface area is 207 Å². The summed E-state index contributed by atoms with van der Waals surface area (Å²) in [6.45, 7) is 4.16. The van der Waals surface area contributed by atoms with Crippen molar-refractivity contribution in [3.05, 3.63) is 42.5 Å². The van der Waals surface area contributed by atoms with E-state index in [1.807, 2.05) is 42.5 Å². The van der Waals surface area contributed by atoms with Crippen LogP contribution in [0.3, 0.4) is 0 Å². The first kappa shape index (κ1) is 23.6. The minimum absolute atomic E-state index is 0.107. The molecule has 0 radical (unpaired) electrons. The molecule has 2 saturated carbocycles. The van der Waals surface area contributed by atoms with Crippen molar-refractivity contribution < 1.29 is 9.59 Å². The molecule has 6 heteroatoms. The van der Waals surface area contributed by atoms with Crippen LogP contribution < -0.4 is 10.6 Å². The number of rotatable bonds is 5. The van der Waals surface area contributed by atoms with Crippen LogP contribution in [0.2, 0.25) is 0 Å². The molecule has 1 heterocycles. The van der Waals surface area contributed by atoms with Crippen molar-refractivity contribution in [3.63, 3.8) is 0 Å². The van der Waals surface area contributed by atoms with Gasteiger partial charge in [0.2, 0.25) is 11.8 Å². The highest BCUT2D eigenvalue weighted by Crippen LogP contribution is 2.38. The molecular weight excluding hydrogens is 436 g/mol. The van der Waals surface area contributed by atoms with Gasteiger partial charge in [-0.1, -0.05) is 52.4 Å². The van der Waals surface area contributed by atoms with E-state index in [1.165, 1.54) is 12.8 Å². The van der Waals surface area contributed by atoms with Gasteiger partial charge in [-0.25, -0.2) is 4.98 Å². The average molecular weight is 473 g/mol. The summed E-state index contributed by atoms with van der Waals surface area (Å²) in [5.74, 6) is 0.987. The van der Waals surface area contributed by atoms with Crippen molar-refractivity contribution in [2.24, 2.45) is 10.8 Å². The minimum Gasteiger partial charge on any atom is -0.338 e. The van der Waals surface area contributed by atoms with Crippen LogP contribution in [0, 0.1) is 10.8 Å². The van der Waals surface area contributed by atoms with Gasteiger partial charge in [0.15, 0.2) is 0 Å². The summed E-state index contributed by atoms with van der Waals surface area (Å²) < 4.78 is 0. The van der Waals surface area contributed by atoms with E-state index in [0.717, 1.165) is 85.2 Å². The van der Waals surface area contributed by atoms with Gasteiger partial charge in [-0.15, -0.1) is 0 Å². The molecule has 1 aromatic heterocycles. The molecule has 6 nitrogen and oxygen atoms in total. The van der Waals surface area contributed by atoms with Gasteiger partial charge in [0, 0.05) is 27.8 Å². The zero-order valence-electron chi connectivity index (χ0n) is 20.9. The van der Waals surface area contributed by atoms with Crippen LogP contribution in [-0.4, -0.2) is 21.8 Å². The molecule has 35 heavy (non-hydrogen) atoms. The molecule has 2 amide bonds. The van der Waals surface area contributed by atoms with Crippen LogP contribution in [0.15, 0.2) is 42.5 Å². The van der Waals surface area contributed by atoms with Gasteiger partial charge in [-0.3, -0.25) is 9.59 Å². The molecule has 0 atom stereocenters. The van der Waals surface area contributed by atoms with Crippen LogP contribution in [0.4, 0.5) is 11.4 Å². The fourth-order valence-corrected chi connectivity index (χ4v) is 5.62. The van der Waals surface area contributed by atoms with Gasteiger partial charge in [-0.05, 0) is 68.1 Å². The Bertz CT molecular complexity index is 1220. The van der Waals surface area contributed by atoms with Crippen LogP contribution in [0.5, 0.6) is 0 Å². The van der Waals surface area contributed by atoms with Gasteiger partial charge in [0.25, 0.3) is 0 Å². The lowest BCUT2D eigenvalue weighted by atomic mass is 9.75. The SMILES string of the molecule is CC1(C(=O)Nc2ccc(-c3nc4ccc(NC(=O)C5(C)CCCCC5)cc4[nH]3)cc2)CCCCC1. The van der Waals surface area contributed by atoms with E-state index >= 15 is 0 Å². The summed E-state index contributed by atoms with van der Waals surface area (Å²) in [6, 6.07) is 13.6. The summed E-state index contributed by atoms with van der Waals surface area (Å²) >= 11 is 0. The summed E-state index contributed by atoms with van der Waals surface area (Å²) in [4.78, 5) is 33.9. The van der Waals surface area contributed by atoms with Crippen LogP contribution >= 0.6 is 0 Å². The first-order valence-electron chi connectivity index (χ1n) is 13.1. The third-order valence-electron chi connectivity index (χ3n) is 8.17. The lowest BCUT2D eigenvalue weighted by Gasteiger charge is -2.32. The van der Waals surface area contributed by atoms with E-state index < -0.39 is 0 Å². The number of nitrogens with one attached hydrogen (secondary N) is 3. The third kappa shape index (κ3) is 4.97. The highest BCUT2D eigenvalue weighted by Gasteiger charge is 2.35. The van der Waals surface area contributed by atoms with E-state index in [4.69, 9.17) is 4.98 Å². The Morgan fingerprint density at radius 1 is 0.743 bits per heavy atom. The lowest BCUT2D eigenvalue weighted by Crippen LogP contribution is -2.35. The number of H-pyrrole nitrogens is 1. The van der Waals surface area contributed by atoms with Crippen molar-refractivity contribution in [1.29, 1.82) is 0 Å². The molecule has 2 aliphatic rings. The molecule has 0 aliphatic heterocycles. The van der Waals surface area contributed by atoms with Crippen LogP contribution in [0.1, 0.15) is 78.1 Å². The predicted octanol–water partition coefficient (Wildman–Crippen LogP) is 7.05. The fraction of sp³-hybridized carbons (Fsp3) is 0.483. The number of hydrogen-bond acceptors (Lipinski definition) is 3. The zero-order chi connectivity index (χ0) is 24.5. The third-order valence-corrected chi connectivity index (χ3v) is 8.17. The molecular formula is C29H36N4O2. The first-order chi connectivity index (χ1) is 16.8. The van der Waals surface area contributed by atoms with E-state index in [2.05, 4.69) is 29.5 Å². The molecule has 2 fully saturated rings. The largest absolute Gasteiger partial charge is 0.338 e. The number of aromatic amines is 1. The molecule has 0 spiro atoms. The summed E-state index contributed by atoms with van der Waals surface area (Å²) in [5, 5.41) is 6.23. The number of carbonyl (C=O) groups excluding carboxylic acids is 2. The van der Waals surface area contributed by atoms with Gasteiger partial charge in [0.05, 0.1) is 11.0 Å². The topological polar surface area (TPSA) is 86.9 Å². The highest BCUT2D eigenvalue weighted by molar-refractivity contribution is 5.97. The monoisotopic (exact) mass is 472 g/mol. The number of hydrogen-bond donors (Lipinski definition) is 3. The molecule has 0 saturated heterocycles. The molecule has 0 unspecified atom stereocenters. The number of imidazole rings is 1. The number of amides is 2. The second kappa shape index (κ2) is 9.48. The second-order valence-electron chi connectivity index (χ2n) is 11.0. The van der Waals surface area contributed by atoms with Gasteiger partial charge in [-0.2, -0.15) is 0 Å². The van der Waals surface area contributed by atoms with E-state index in [9.17, 15) is 9.59 Å². The zero-order valence-corrected chi connectivity index (χ0v) is 20.9. The van der Waals surface area contributed by atoms with Crippen molar-refractivity contribution in [3.8, 4) is 11.4 Å². The number of benzene rings is 2. The number of carbonyl (C=O) groups is 2. The highest BCUT2D eigenvalue weighted by atomic mass is 16.2. The number of nitrogens with zero attached hydrogens (tertiary/aromatic N) is 1. The standard InChI is InChI=1S/C29H36N4O2/c1-28(15-5-3-6-16-28)26(34)30-21-11-9-20(10-12-21)25-32-23-14-13-22(19-24(23)33-25)31-27(35)29(2)17-7-4-8-18-29/h9-14,19H,3-8,15-18H2,1-2H3,(H,30,34)(H,31,35)(H,32,33). The maximum Gasteiger partial charge on any atom is 0.230 e. The predicted molar refractivity (Wildman–Crippen MR) is 141 cm³/mol. The molecule has 184 valence electrons. The number of fused-ring (bicyclic) bond motifs is 1. The smallest absolute Gasteiger partial charge is 0.230 e. The molecule has 2 aromatic carbocycles. The molecule has 3 aromatic rings. The Balaban J connectivity index is 1.27. The van der Waals surface area contributed by atoms with Crippen molar-refractivity contribution >= 4 is 34.2 Å². The minimum atomic E-state index is -0.280. The maximum absolute atomic E-state index is 12.9. The van der Waals surface area contributed by atoms with E-state index in [-0.39, 0.29) is 22.6 Å². The quantitative estimate of drug-likeness (QED) is 0.372. The van der Waals surface area contributed by atoms with Gasteiger partial charge >= 0.3 is 0 Å². The molecule has 5 rings (SSSR count). The Hall–Kier alpha value is -3.15. The lowest BCUT2D eigenvalue weighted by molar-refractivity contribution is -0.127. The summed E-state index contributed by atoms with van der Waals surface area (Å²) in [7, 11) is 0. The average Bonchev–Trinajstić information content (AvgIpc) is 3.29. The number of anilines is 2. The Morgan fingerprint density at radius 3 is 1.83 bits per heavy atom. The summed E-state index contributed by atoms with van der Waals surface area (Å²) in [5.41, 5.74) is 3.73. The van der Waals surface area contributed by atoms with Crippen molar-refractivity contribution in [1.82, 2.24) is 9.97 Å². The van der Waals surface area contributed by atoms with Crippen LogP contribution in [0.25, 0.3) is 22.4 Å². The maximum atomic E-state index is 12.9. The second-order valence-corrected chi connectivity index (χ2v) is 11.0. The van der Waals surface area contributed by atoms with Crippen LogP contribution in [-0.2, 0) is 9.59 Å². The van der Waals surface area contributed by atoms with Crippen molar-refractivity contribution in [2.45, 2.75) is 78.1 Å². The van der Waals surface area contributed by atoms with E-state index in [0.29, 0.717) is 0 Å². The number of aromatic nitrogens is 2. The van der Waals surface area contributed by atoms with Gasteiger partial charge < -0.3 is 15.6 Å². The normalized spacial score (nSPS) is 19.3. The molecule has 0 bridgehead atoms. The Morgan fingerprint density at radius 2 is 1.26 bits per heavy atom. The van der Waals surface area contributed by atoms with E-state index in [1.54, 1.807) is 0 Å². The fourth-order valence-electron chi connectivity index (χ4n) is 5.62. The Kier molecular flexibility index (Phi) is 6.39. The van der Waals surface area contributed by atoms with Gasteiger partial charge in [0.1, 0.15) is 5.82 Å². The summed E-state index contributed by atoms with van der Waals surface area (Å²) in [6.07, 6.45) is 10.7. The molecule has 2 aliphatic carbocycles. The molecule has 3 N–H and O–H groups in total. The van der Waals surface area contributed by atoms with Crippen molar-refractivity contribution in [2.75, 3.05) is 10.6 Å².